The molecular weight excluding hydrogens is 318 g/mol. The van der Waals surface area contributed by atoms with Crippen LogP contribution in [0.15, 0.2) is 9.59 Å². The second-order valence-electron chi connectivity index (χ2n) is 7.23. The lowest BCUT2D eigenvalue weighted by Crippen LogP contribution is -2.33. The third-order valence-corrected chi connectivity index (χ3v) is 5.43. The Morgan fingerprint density at radius 3 is 2.64 bits per heavy atom. The predicted molar refractivity (Wildman–Crippen MR) is 98.8 cm³/mol. The Hall–Kier alpha value is -1.89. The van der Waals surface area contributed by atoms with Crippen LogP contribution in [0.25, 0.3) is 11.2 Å². The van der Waals surface area contributed by atoms with Crippen molar-refractivity contribution >= 4 is 11.2 Å². The smallest absolute Gasteiger partial charge is 0.324 e. The SMILES string of the molecule is CCCCn1c(=O)[nH]c(=O)c2c1nc(CN(C)C1CCCCC1)n2C. The van der Waals surface area contributed by atoms with Crippen LogP contribution < -0.4 is 11.2 Å². The van der Waals surface area contributed by atoms with E-state index in [1.165, 1.54) is 32.1 Å². The fraction of sp³-hybridized carbons (Fsp3) is 0.722. The maximum Gasteiger partial charge on any atom is 0.330 e. The maximum atomic E-state index is 12.3. The first-order valence-corrected chi connectivity index (χ1v) is 9.41. The molecule has 0 unspecified atom stereocenters. The van der Waals surface area contributed by atoms with Crippen LogP contribution in [0.5, 0.6) is 0 Å². The lowest BCUT2D eigenvalue weighted by atomic mass is 9.94. The largest absolute Gasteiger partial charge is 0.330 e. The van der Waals surface area contributed by atoms with E-state index in [0.717, 1.165) is 18.7 Å². The van der Waals surface area contributed by atoms with Gasteiger partial charge >= 0.3 is 5.69 Å². The number of aromatic amines is 1. The second-order valence-corrected chi connectivity index (χ2v) is 7.23. The molecule has 2 aromatic rings. The number of hydrogen-bond acceptors (Lipinski definition) is 4. The van der Waals surface area contributed by atoms with Crippen molar-refractivity contribution in [1.29, 1.82) is 0 Å². The van der Waals surface area contributed by atoms with Crippen molar-refractivity contribution in [2.75, 3.05) is 7.05 Å². The van der Waals surface area contributed by atoms with Gasteiger partial charge in [0, 0.05) is 19.6 Å². The van der Waals surface area contributed by atoms with Gasteiger partial charge in [0.15, 0.2) is 11.2 Å². The van der Waals surface area contributed by atoms with E-state index in [1.807, 2.05) is 11.6 Å². The summed E-state index contributed by atoms with van der Waals surface area (Å²) in [7, 11) is 3.99. The second kappa shape index (κ2) is 7.56. The standard InChI is InChI=1S/C18H29N5O2/c1-4-5-11-23-16-15(17(24)20-18(23)25)22(3)14(19-16)12-21(2)13-9-7-6-8-10-13/h13H,4-12H2,1-3H3,(H,20,24,25). The lowest BCUT2D eigenvalue weighted by Gasteiger charge is -2.30. The zero-order valence-electron chi connectivity index (χ0n) is 15.5. The monoisotopic (exact) mass is 347 g/mol. The normalized spacial score (nSPS) is 16.2. The molecule has 0 bridgehead atoms. The van der Waals surface area contributed by atoms with E-state index in [0.29, 0.717) is 30.3 Å². The Labute approximate surface area is 147 Å². The summed E-state index contributed by atoms with van der Waals surface area (Å²) in [6, 6.07) is 0.578. The summed E-state index contributed by atoms with van der Waals surface area (Å²) in [4.78, 5) is 34.0. The molecule has 1 saturated carbocycles. The van der Waals surface area contributed by atoms with Crippen LogP contribution in [0.1, 0.15) is 57.7 Å². The molecule has 2 heterocycles. The summed E-state index contributed by atoms with van der Waals surface area (Å²) in [5.41, 5.74) is 0.282. The number of nitrogens with zero attached hydrogens (tertiary/aromatic N) is 4. The third-order valence-electron chi connectivity index (χ3n) is 5.43. The number of aromatic nitrogens is 4. The number of nitrogens with one attached hydrogen (secondary N) is 1. The van der Waals surface area contributed by atoms with Crippen LogP contribution in [-0.4, -0.2) is 37.1 Å². The summed E-state index contributed by atoms with van der Waals surface area (Å²) in [5, 5.41) is 0. The molecule has 0 aromatic carbocycles. The molecule has 3 rings (SSSR count). The van der Waals surface area contributed by atoms with E-state index in [9.17, 15) is 9.59 Å². The minimum Gasteiger partial charge on any atom is -0.324 e. The fourth-order valence-corrected chi connectivity index (χ4v) is 3.83. The van der Waals surface area contributed by atoms with Gasteiger partial charge in [-0.3, -0.25) is 19.2 Å². The number of unbranched alkanes of at least 4 members (excludes halogenated alkanes) is 1. The summed E-state index contributed by atoms with van der Waals surface area (Å²) < 4.78 is 3.44. The fourth-order valence-electron chi connectivity index (χ4n) is 3.83. The van der Waals surface area contributed by atoms with Crippen molar-refractivity contribution in [3.63, 3.8) is 0 Å². The van der Waals surface area contributed by atoms with Gasteiger partial charge in [0.25, 0.3) is 5.56 Å². The van der Waals surface area contributed by atoms with E-state index < -0.39 is 0 Å². The number of aryl methyl sites for hydroxylation is 2. The highest BCUT2D eigenvalue weighted by Gasteiger charge is 2.21. The summed E-state index contributed by atoms with van der Waals surface area (Å²) in [6.45, 7) is 3.35. The molecule has 0 radical (unpaired) electrons. The first kappa shape index (κ1) is 17.9. The predicted octanol–water partition coefficient (Wildman–Crippen LogP) is 1.99. The van der Waals surface area contributed by atoms with E-state index >= 15 is 0 Å². The Balaban J connectivity index is 1.96. The van der Waals surface area contributed by atoms with Gasteiger partial charge in [-0.15, -0.1) is 0 Å². The molecule has 1 fully saturated rings. The molecular formula is C18H29N5O2. The average molecular weight is 347 g/mol. The molecule has 2 aromatic heterocycles. The Morgan fingerprint density at radius 1 is 1.24 bits per heavy atom. The highest BCUT2D eigenvalue weighted by Crippen LogP contribution is 2.23. The van der Waals surface area contributed by atoms with Gasteiger partial charge < -0.3 is 4.57 Å². The molecule has 1 aliphatic rings. The van der Waals surface area contributed by atoms with Crippen LogP contribution in [0, 0.1) is 0 Å². The van der Waals surface area contributed by atoms with E-state index in [4.69, 9.17) is 0 Å². The quantitative estimate of drug-likeness (QED) is 0.867. The van der Waals surface area contributed by atoms with E-state index in [2.05, 4.69) is 28.8 Å². The number of rotatable bonds is 6. The molecule has 138 valence electrons. The minimum absolute atomic E-state index is 0.352. The van der Waals surface area contributed by atoms with Crippen molar-refractivity contribution in [1.82, 2.24) is 24.0 Å². The van der Waals surface area contributed by atoms with E-state index in [1.54, 1.807) is 4.57 Å². The molecule has 0 atom stereocenters. The number of fused-ring (bicyclic) bond motifs is 1. The zero-order valence-corrected chi connectivity index (χ0v) is 15.5. The van der Waals surface area contributed by atoms with Crippen molar-refractivity contribution in [3.05, 3.63) is 26.7 Å². The highest BCUT2D eigenvalue weighted by molar-refractivity contribution is 5.70. The van der Waals surface area contributed by atoms with Crippen molar-refractivity contribution in [2.24, 2.45) is 7.05 Å². The van der Waals surface area contributed by atoms with Crippen LogP contribution >= 0.6 is 0 Å². The molecule has 1 aliphatic carbocycles. The van der Waals surface area contributed by atoms with Gasteiger partial charge in [-0.1, -0.05) is 32.6 Å². The van der Waals surface area contributed by atoms with Crippen LogP contribution in [0.2, 0.25) is 0 Å². The molecule has 25 heavy (non-hydrogen) atoms. The van der Waals surface area contributed by atoms with Gasteiger partial charge in [0.05, 0.1) is 6.54 Å². The zero-order chi connectivity index (χ0) is 18.0. The van der Waals surface area contributed by atoms with Gasteiger partial charge in [-0.2, -0.15) is 0 Å². The van der Waals surface area contributed by atoms with Gasteiger partial charge in [-0.25, -0.2) is 9.78 Å². The molecule has 0 aliphatic heterocycles. The van der Waals surface area contributed by atoms with Gasteiger partial charge in [-0.05, 0) is 26.3 Å². The summed E-state index contributed by atoms with van der Waals surface area (Å²) in [5.74, 6) is 0.837. The third kappa shape index (κ3) is 3.56. The number of imidazole rings is 1. The van der Waals surface area contributed by atoms with Gasteiger partial charge in [0.2, 0.25) is 0 Å². The molecule has 0 saturated heterocycles. The Kier molecular flexibility index (Phi) is 5.42. The van der Waals surface area contributed by atoms with Crippen molar-refractivity contribution in [3.8, 4) is 0 Å². The maximum absolute atomic E-state index is 12.3. The lowest BCUT2D eigenvalue weighted by molar-refractivity contribution is 0.179. The minimum atomic E-state index is -0.365. The van der Waals surface area contributed by atoms with Crippen LogP contribution in [-0.2, 0) is 20.1 Å². The summed E-state index contributed by atoms with van der Waals surface area (Å²) >= 11 is 0. The Bertz CT molecular complexity index is 841. The van der Waals surface area contributed by atoms with Gasteiger partial charge in [0.1, 0.15) is 5.82 Å². The van der Waals surface area contributed by atoms with E-state index in [-0.39, 0.29) is 11.2 Å². The summed E-state index contributed by atoms with van der Waals surface area (Å²) in [6.07, 6.45) is 8.22. The van der Waals surface area contributed by atoms with Crippen molar-refractivity contribution < 1.29 is 0 Å². The number of H-pyrrole nitrogens is 1. The first-order valence-electron chi connectivity index (χ1n) is 9.41. The molecule has 1 N–H and O–H groups in total. The average Bonchev–Trinajstić information content (AvgIpc) is 2.92. The number of hydrogen-bond donors (Lipinski definition) is 1. The molecule has 7 nitrogen and oxygen atoms in total. The topological polar surface area (TPSA) is 75.9 Å². The molecule has 7 heteroatoms. The Morgan fingerprint density at radius 2 is 1.96 bits per heavy atom. The molecule has 0 spiro atoms. The highest BCUT2D eigenvalue weighted by atomic mass is 16.2. The van der Waals surface area contributed by atoms with Crippen LogP contribution in [0.3, 0.4) is 0 Å². The van der Waals surface area contributed by atoms with Crippen molar-refractivity contribution in [2.45, 2.75) is 71.0 Å². The molecule has 0 amide bonds. The van der Waals surface area contributed by atoms with Crippen LogP contribution in [0.4, 0.5) is 0 Å². The first-order chi connectivity index (χ1) is 12.0.